The van der Waals surface area contributed by atoms with Gasteiger partial charge >= 0.3 is 13.1 Å². The Bertz CT molecular complexity index is 823. The minimum absolute atomic E-state index is 0.0200. The molecule has 0 saturated carbocycles. The Morgan fingerprint density at radius 1 is 1.18 bits per heavy atom. The second-order valence-corrected chi connectivity index (χ2v) is 6.71. The first-order valence-corrected chi connectivity index (χ1v) is 9.35. The van der Waals surface area contributed by atoms with Gasteiger partial charge in [0.25, 0.3) is 0 Å². The minimum Gasteiger partial charge on any atom is -0.535 e. The molecule has 2 aromatic rings. The molecule has 3 rings (SSSR count). The largest absolute Gasteiger partial charge is 0.535 e. The molecule has 0 saturated heterocycles. The second-order valence-electron chi connectivity index (χ2n) is 6.71. The Morgan fingerprint density at radius 2 is 1.96 bits per heavy atom. The van der Waals surface area contributed by atoms with Gasteiger partial charge in [-0.25, -0.2) is 4.79 Å². The van der Waals surface area contributed by atoms with Crippen LogP contribution in [-0.4, -0.2) is 37.1 Å². The lowest BCUT2D eigenvalue weighted by Gasteiger charge is -2.28. The number of para-hydroxylation sites is 1. The molecule has 1 aliphatic heterocycles. The first-order valence-electron chi connectivity index (χ1n) is 9.35. The monoisotopic (exact) mass is 382 g/mol. The number of fused-ring (bicyclic) bond motifs is 1. The van der Waals surface area contributed by atoms with Crippen LogP contribution in [0.3, 0.4) is 0 Å². The van der Waals surface area contributed by atoms with E-state index in [9.17, 15) is 14.6 Å². The molecular weight excluding hydrogens is 359 g/mol. The predicted molar refractivity (Wildman–Crippen MR) is 104 cm³/mol. The van der Waals surface area contributed by atoms with Gasteiger partial charge in [0, 0.05) is 12.2 Å². The molecule has 1 aliphatic rings. The van der Waals surface area contributed by atoms with Crippen molar-refractivity contribution in [3.05, 3.63) is 65.2 Å². The highest BCUT2D eigenvalue weighted by Crippen LogP contribution is 2.36. The molecule has 1 atom stereocenters. The van der Waals surface area contributed by atoms with Gasteiger partial charge in [-0.1, -0.05) is 42.5 Å². The number of carbonyl (C=O) groups is 2. The average Bonchev–Trinajstić information content (AvgIpc) is 2.69. The topological polar surface area (TPSA) is 82.1 Å². The van der Waals surface area contributed by atoms with Crippen molar-refractivity contribution in [2.75, 3.05) is 13.2 Å². The lowest BCUT2D eigenvalue weighted by molar-refractivity contribution is -0.124. The molecule has 0 radical (unpaired) electrons. The van der Waals surface area contributed by atoms with Crippen molar-refractivity contribution >= 4 is 18.9 Å². The maximum absolute atomic E-state index is 12.3. The van der Waals surface area contributed by atoms with Crippen molar-refractivity contribution in [1.82, 2.24) is 0 Å². The van der Waals surface area contributed by atoms with Gasteiger partial charge in [-0.05, 0) is 30.5 Å². The smallest absolute Gasteiger partial charge is 0.526 e. The van der Waals surface area contributed by atoms with Gasteiger partial charge in [0.1, 0.15) is 17.9 Å². The molecule has 2 aromatic carbocycles. The first-order chi connectivity index (χ1) is 13.6. The number of carbonyl (C=O) groups excluding carboxylic acids is 2. The SMILES string of the molecule is CCOC(=O)c1cccc2c1OB(O)[C@@H](CC(=O)COCc1ccccc1)C2. The molecule has 0 unspecified atom stereocenters. The van der Waals surface area contributed by atoms with Crippen LogP contribution < -0.4 is 4.65 Å². The summed E-state index contributed by atoms with van der Waals surface area (Å²) in [5.41, 5.74) is 2.06. The number of ketones is 1. The van der Waals surface area contributed by atoms with Crippen molar-refractivity contribution in [2.24, 2.45) is 0 Å². The van der Waals surface area contributed by atoms with E-state index in [0.717, 1.165) is 11.1 Å². The van der Waals surface area contributed by atoms with Crippen molar-refractivity contribution in [1.29, 1.82) is 0 Å². The third-order valence-corrected chi connectivity index (χ3v) is 4.58. The Morgan fingerprint density at radius 3 is 2.71 bits per heavy atom. The van der Waals surface area contributed by atoms with E-state index in [-0.39, 0.29) is 31.0 Å². The zero-order valence-corrected chi connectivity index (χ0v) is 15.8. The number of hydrogen-bond acceptors (Lipinski definition) is 6. The highest BCUT2D eigenvalue weighted by molar-refractivity contribution is 6.47. The van der Waals surface area contributed by atoms with Crippen LogP contribution in [0.1, 0.15) is 34.8 Å². The van der Waals surface area contributed by atoms with E-state index in [2.05, 4.69) is 0 Å². The summed E-state index contributed by atoms with van der Waals surface area (Å²) in [6.07, 6.45) is 0.577. The number of rotatable bonds is 8. The van der Waals surface area contributed by atoms with Crippen LogP contribution in [0.2, 0.25) is 5.82 Å². The fourth-order valence-corrected chi connectivity index (χ4v) is 3.24. The standard InChI is InChI=1S/C21H23BO6/c1-2-27-21(24)19-10-6-9-16-11-17(22(25)28-20(16)19)12-18(23)14-26-13-15-7-4-3-5-8-15/h3-10,17,25H,2,11-14H2,1H3/t17-/m1/s1. The van der Waals surface area contributed by atoms with Gasteiger partial charge in [-0.2, -0.15) is 0 Å². The van der Waals surface area contributed by atoms with Crippen LogP contribution in [0.5, 0.6) is 5.75 Å². The molecule has 0 fully saturated rings. The van der Waals surface area contributed by atoms with E-state index in [1.54, 1.807) is 19.1 Å². The first kappa shape index (κ1) is 20.1. The summed E-state index contributed by atoms with van der Waals surface area (Å²) in [6.45, 7) is 2.32. The Kier molecular flexibility index (Phi) is 6.84. The molecular formula is C21H23BO6. The summed E-state index contributed by atoms with van der Waals surface area (Å²) >= 11 is 0. The number of Topliss-reactive ketones (excluding diaryl/α,β-unsaturated/α-hetero) is 1. The lowest BCUT2D eigenvalue weighted by atomic mass is 9.64. The van der Waals surface area contributed by atoms with Gasteiger partial charge in [0.15, 0.2) is 5.78 Å². The summed E-state index contributed by atoms with van der Waals surface area (Å²) in [5.74, 6) is -0.654. The summed E-state index contributed by atoms with van der Waals surface area (Å²) in [6, 6.07) is 14.8. The third kappa shape index (κ3) is 5.00. The van der Waals surface area contributed by atoms with Crippen LogP contribution in [0.25, 0.3) is 0 Å². The molecule has 146 valence electrons. The van der Waals surface area contributed by atoms with Crippen LogP contribution in [0, 0.1) is 0 Å². The van der Waals surface area contributed by atoms with E-state index in [0.29, 0.717) is 18.8 Å². The Labute approximate surface area is 164 Å². The summed E-state index contributed by atoms with van der Waals surface area (Å²) < 4.78 is 16.1. The van der Waals surface area contributed by atoms with Crippen molar-refractivity contribution in [2.45, 2.75) is 32.2 Å². The van der Waals surface area contributed by atoms with Crippen LogP contribution in [0.15, 0.2) is 48.5 Å². The molecule has 6 nitrogen and oxygen atoms in total. The average molecular weight is 382 g/mol. The van der Waals surface area contributed by atoms with Gasteiger partial charge in [-0.15, -0.1) is 0 Å². The summed E-state index contributed by atoms with van der Waals surface area (Å²) in [5, 5.41) is 10.3. The van der Waals surface area contributed by atoms with Gasteiger partial charge in [0.05, 0.1) is 13.2 Å². The molecule has 0 bridgehead atoms. The Hall–Kier alpha value is -2.64. The van der Waals surface area contributed by atoms with Crippen LogP contribution in [0.4, 0.5) is 0 Å². The number of benzene rings is 2. The van der Waals surface area contributed by atoms with Crippen molar-refractivity contribution < 1.29 is 28.7 Å². The highest BCUT2D eigenvalue weighted by atomic mass is 16.5. The van der Waals surface area contributed by atoms with Crippen molar-refractivity contribution in [3.63, 3.8) is 0 Å². The van der Waals surface area contributed by atoms with Gasteiger partial charge < -0.3 is 19.2 Å². The van der Waals surface area contributed by atoms with Crippen molar-refractivity contribution in [3.8, 4) is 5.75 Å². The van der Waals surface area contributed by atoms with E-state index >= 15 is 0 Å². The predicted octanol–water partition coefficient (Wildman–Crippen LogP) is 2.82. The summed E-state index contributed by atoms with van der Waals surface area (Å²) in [7, 11) is -1.17. The molecule has 0 spiro atoms. The molecule has 7 heteroatoms. The maximum Gasteiger partial charge on any atom is 0.526 e. The maximum atomic E-state index is 12.3. The second kappa shape index (κ2) is 9.53. The quantitative estimate of drug-likeness (QED) is 0.559. The molecule has 0 aliphatic carbocycles. The molecule has 1 N–H and O–H groups in total. The number of ether oxygens (including phenoxy) is 2. The van der Waals surface area contributed by atoms with Gasteiger partial charge in [-0.3, -0.25) is 4.79 Å². The van der Waals surface area contributed by atoms with Gasteiger partial charge in [0.2, 0.25) is 0 Å². The normalized spacial score (nSPS) is 15.5. The third-order valence-electron chi connectivity index (χ3n) is 4.58. The fourth-order valence-electron chi connectivity index (χ4n) is 3.24. The lowest BCUT2D eigenvalue weighted by Crippen LogP contribution is -2.36. The number of esters is 1. The van der Waals surface area contributed by atoms with E-state index in [4.69, 9.17) is 14.1 Å². The number of hydrogen-bond donors (Lipinski definition) is 1. The zero-order chi connectivity index (χ0) is 19.9. The molecule has 0 aromatic heterocycles. The molecule has 0 amide bonds. The van der Waals surface area contributed by atoms with Crippen LogP contribution >= 0.6 is 0 Å². The molecule has 1 heterocycles. The molecule has 28 heavy (non-hydrogen) atoms. The summed E-state index contributed by atoms with van der Waals surface area (Å²) in [4.78, 5) is 24.3. The van der Waals surface area contributed by atoms with E-state index in [1.165, 1.54) is 0 Å². The highest BCUT2D eigenvalue weighted by Gasteiger charge is 2.37. The Balaban J connectivity index is 1.57. The fraction of sp³-hybridized carbons (Fsp3) is 0.333. The van der Waals surface area contributed by atoms with Crippen LogP contribution in [-0.2, 0) is 27.3 Å². The van der Waals surface area contributed by atoms with E-state index < -0.39 is 18.9 Å². The van der Waals surface area contributed by atoms with E-state index in [1.807, 2.05) is 36.4 Å². The zero-order valence-electron chi connectivity index (χ0n) is 15.8. The minimum atomic E-state index is -1.17.